The van der Waals surface area contributed by atoms with Crippen LogP contribution in [0, 0.1) is 24.7 Å². The van der Waals surface area contributed by atoms with E-state index in [1.54, 1.807) is 6.92 Å². The largest absolute Gasteiger partial charge is 0.435 e. The van der Waals surface area contributed by atoms with Gasteiger partial charge in [0, 0.05) is 11.7 Å². The van der Waals surface area contributed by atoms with Crippen molar-refractivity contribution in [2.75, 3.05) is 0 Å². The normalized spacial score (nSPS) is 28.8. The summed E-state index contributed by atoms with van der Waals surface area (Å²) in [5.41, 5.74) is -0.627. The van der Waals surface area contributed by atoms with E-state index in [1.165, 1.54) is 26.2 Å². The van der Waals surface area contributed by atoms with Crippen molar-refractivity contribution >= 4 is 5.91 Å². The van der Waals surface area contributed by atoms with Crippen LogP contribution in [-0.4, -0.2) is 21.7 Å². The highest BCUT2D eigenvalue weighted by atomic mass is 19.4. The Bertz CT molecular complexity index is 625. The number of fused-ring (bicyclic) bond motifs is 2. The maximum absolute atomic E-state index is 12.8. The van der Waals surface area contributed by atoms with Crippen LogP contribution in [0.1, 0.15) is 57.0 Å². The van der Waals surface area contributed by atoms with Crippen molar-refractivity contribution in [2.24, 2.45) is 17.8 Å². The molecule has 1 N–H and O–H groups in total. The molecule has 2 bridgehead atoms. The summed E-state index contributed by atoms with van der Waals surface area (Å²) in [7, 11) is 0. The van der Waals surface area contributed by atoms with Crippen molar-refractivity contribution < 1.29 is 18.0 Å². The number of alkyl halides is 3. The quantitative estimate of drug-likeness (QED) is 0.906. The van der Waals surface area contributed by atoms with Crippen molar-refractivity contribution in [3.8, 4) is 0 Å². The van der Waals surface area contributed by atoms with Gasteiger partial charge in [-0.25, -0.2) is 0 Å². The number of carbonyl (C=O) groups is 1. The van der Waals surface area contributed by atoms with Gasteiger partial charge in [-0.2, -0.15) is 18.3 Å². The van der Waals surface area contributed by atoms with E-state index < -0.39 is 17.9 Å². The van der Waals surface area contributed by atoms with E-state index in [0.717, 1.165) is 23.1 Å². The molecule has 2 fully saturated rings. The summed E-state index contributed by atoms with van der Waals surface area (Å²) in [6.07, 6.45) is 0.443. The molecule has 24 heavy (non-hydrogen) atoms. The highest BCUT2D eigenvalue weighted by Crippen LogP contribution is 2.49. The van der Waals surface area contributed by atoms with Crippen LogP contribution in [0.15, 0.2) is 6.07 Å². The highest BCUT2D eigenvalue weighted by Gasteiger charge is 2.42. The zero-order valence-electron chi connectivity index (χ0n) is 14.2. The molecule has 0 aromatic carbocycles. The molecule has 0 saturated heterocycles. The molecule has 2 aliphatic carbocycles. The lowest BCUT2D eigenvalue weighted by atomic mass is 9.84. The van der Waals surface area contributed by atoms with Gasteiger partial charge in [-0.15, -0.1) is 0 Å². The zero-order chi connectivity index (χ0) is 17.6. The Labute approximate surface area is 139 Å². The van der Waals surface area contributed by atoms with E-state index in [1.807, 2.05) is 6.92 Å². The Morgan fingerprint density at radius 1 is 1.33 bits per heavy atom. The highest BCUT2D eigenvalue weighted by molar-refractivity contribution is 5.80. The molecule has 0 radical (unpaired) electrons. The number of hydrogen-bond donors (Lipinski definition) is 1. The van der Waals surface area contributed by atoms with Crippen LogP contribution < -0.4 is 5.32 Å². The molecule has 134 valence electrons. The third-order valence-electron chi connectivity index (χ3n) is 5.76. The Morgan fingerprint density at radius 2 is 2.04 bits per heavy atom. The van der Waals surface area contributed by atoms with Crippen LogP contribution >= 0.6 is 0 Å². The van der Waals surface area contributed by atoms with Gasteiger partial charge in [-0.1, -0.05) is 6.42 Å². The first kappa shape index (κ1) is 17.3. The van der Waals surface area contributed by atoms with Gasteiger partial charge in [0.25, 0.3) is 0 Å². The van der Waals surface area contributed by atoms with Gasteiger partial charge < -0.3 is 5.32 Å². The molecule has 4 nitrogen and oxygen atoms in total. The van der Waals surface area contributed by atoms with E-state index in [9.17, 15) is 18.0 Å². The maximum atomic E-state index is 12.8. The molecule has 2 aliphatic rings. The molecule has 7 heteroatoms. The minimum Gasteiger partial charge on any atom is -0.352 e. The zero-order valence-corrected chi connectivity index (χ0v) is 14.2. The van der Waals surface area contributed by atoms with Crippen molar-refractivity contribution in [1.29, 1.82) is 0 Å². The van der Waals surface area contributed by atoms with Crippen molar-refractivity contribution in [2.45, 2.75) is 64.7 Å². The number of hydrogen-bond acceptors (Lipinski definition) is 2. The Hall–Kier alpha value is -1.53. The molecule has 1 amide bonds. The first-order chi connectivity index (χ1) is 11.2. The number of carbonyl (C=O) groups excluding carboxylic acids is 1. The van der Waals surface area contributed by atoms with Gasteiger partial charge in [0.1, 0.15) is 6.04 Å². The van der Waals surface area contributed by atoms with Crippen LogP contribution in [0.2, 0.25) is 0 Å². The van der Waals surface area contributed by atoms with Crippen LogP contribution in [0.5, 0.6) is 0 Å². The van der Waals surface area contributed by atoms with E-state index in [2.05, 4.69) is 10.4 Å². The molecule has 0 unspecified atom stereocenters. The van der Waals surface area contributed by atoms with Gasteiger partial charge in [0.15, 0.2) is 5.69 Å². The summed E-state index contributed by atoms with van der Waals surface area (Å²) in [4.78, 5) is 12.5. The monoisotopic (exact) mass is 343 g/mol. The average molecular weight is 343 g/mol. The molecule has 1 aromatic rings. The second-order valence-corrected chi connectivity index (χ2v) is 7.43. The van der Waals surface area contributed by atoms with Crippen molar-refractivity contribution in [3.63, 3.8) is 0 Å². The summed E-state index contributed by atoms with van der Waals surface area (Å²) >= 11 is 0. The summed E-state index contributed by atoms with van der Waals surface area (Å²) < 4.78 is 39.5. The van der Waals surface area contributed by atoms with Crippen molar-refractivity contribution in [3.05, 3.63) is 17.5 Å². The molecule has 2 saturated carbocycles. The molecule has 5 atom stereocenters. The topological polar surface area (TPSA) is 46.9 Å². The minimum absolute atomic E-state index is 0.0493. The smallest absolute Gasteiger partial charge is 0.352 e. The number of nitrogens with zero attached hydrogens (tertiary/aromatic N) is 2. The van der Waals surface area contributed by atoms with Crippen LogP contribution in [0.25, 0.3) is 0 Å². The Balaban J connectivity index is 1.65. The predicted molar refractivity (Wildman–Crippen MR) is 83.2 cm³/mol. The number of aryl methyl sites for hydroxylation is 1. The first-order valence-electron chi connectivity index (χ1n) is 8.60. The predicted octanol–water partition coefficient (Wildman–Crippen LogP) is 3.71. The number of rotatable bonds is 4. The fourth-order valence-electron chi connectivity index (χ4n) is 4.49. The number of nitrogens with one attached hydrogen (secondary N) is 1. The SMILES string of the molecule is Cc1cc(C(F)(F)F)nn1[C@H](C)C(=O)N[C@H](C)[C@@H]1C[C@H]2CC[C@H]1C2. The second kappa shape index (κ2) is 6.08. The van der Waals surface area contributed by atoms with Crippen molar-refractivity contribution in [1.82, 2.24) is 15.1 Å². The third-order valence-corrected chi connectivity index (χ3v) is 5.76. The van der Waals surface area contributed by atoms with E-state index in [0.29, 0.717) is 17.5 Å². The molecule has 0 spiro atoms. The summed E-state index contributed by atoms with van der Waals surface area (Å²) in [5.74, 6) is 1.69. The Kier molecular flexibility index (Phi) is 4.38. The van der Waals surface area contributed by atoms with Crippen LogP contribution in [-0.2, 0) is 11.0 Å². The lowest BCUT2D eigenvalue weighted by molar-refractivity contribution is -0.142. The fraction of sp³-hybridized carbons (Fsp3) is 0.765. The molecular weight excluding hydrogens is 319 g/mol. The number of aromatic nitrogens is 2. The lowest BCUT2D eigenvalue weighted by Gasteiger charge is -2.29. The molecule has 1 heterocycles. The van der Waals surface area contributed by atoms with Crippen LogP contribution in [0.4, 0.5) is 13.2 Å². The molecule has 1 aromatic heterocycles. The van der Waals surface area contributed by atoms with E-state index >= 15 is 0 Å². The maximum Gasteiger partial charge on any atom is 0.435 e. The summed E-state index contributed by atoms with van der Waals surface area (Å²) in [5, 5.41) is 6.57. The number of halogens is 3. The first-order valence-corrected chi connectivity index (χ1v) is 8.60. The third kappa shape index (κ3) is 3.17. The Morgan fingerprint density at radius 3 is 2.54 bits per heavy atom. The average Bonchev–Trinajstić information content (AvgIpc) is 3.20. The van der Waals surface area contributed by atoms with Crippen LogP contribution in [0.3, 0.4) is 0 Å². The summed E-state index contributed by atoms with van der Waals surface area (Å²) in [6, 6.07) is 0.263. The van der Waals surface area contributed by atoms with Gasteiger partial charge in [-0.3, -0.25) is 9.48 Å². The van der Waals surface area contributed by atoms with Gasteiger partial charge in [-0.05, 0) is 63.9 Å². The molecule has 3 rings (SSSR count). The standard InChI is InChI=1S/C17H24F3N3O/c1-9-6-15(17(18,19)20)22-23(9)11(3)16(24)21-10(2)14-8-12-4-5-13(14)7-12/h6,10-14H,4-5,7-8H2,1-3H3,(H,21,24)/t10-,11-,12+,13+,14+/m1/s1. The van der Waals surface area contributed by atoms with E-state index in [4.69, 9.17) is 0 Å². The fourth-order valence-corrected chi connectivity index (χ4v) is 4.49. The van der Waals surface area contributed by atoms with E-state index in [-0.39, 0.29) is 11.9 Å². The lowest BCUT2D eigenvalue weighted by Crippen LogP contribution is -2.43. The van der Waals surface area contributed by atoms with Gasteiger partial charge in [0.05, 0.1) is 0 Å². The van der Waals surface area contributed by atoms with Gasteiger partial charge in [0.2, 0.25) is 5.91 Å². The molecular formula is C17H24F3N3O. The minimum atomic E-state index is -4.50. The second-order valence-electron chi connectivity index (χ2n) is 7.43. The molecule has 0 aliphatic heterocycles. The van der Waals surface area contributed by atoms with Gasteiger partial charge >= 0.3 is 6.18 Å². The number of amides is 1. The summed E-state index contributed by atoms with van der Waals surface area (Å²) in [6.45, 7) is 5.13.